The van der Waals surface area contributed by atoms with Crippen molar-refractivity contribution in [2.24, 2.45) is 5.73 Å². The van der Waals surface area contributed by atoms with Crippen molar-refractivity contribution in [2.75, 3.05) is 13.1 Å². The van der Waals surface area contributed by atoms with Crippen molar-refractivity contribution < 1.29 is 13.9 Å². The molecule has 0 bridgehead atoms. The normalized spacial score (nSPS) is 11.3. The van der Waals surface area contributed by atoms with Crippen molar-refractivity contribution >= 4 is 18.3 Å². The van der Waals surface area contributed by atoms with Crippen LogP contribution in [0.25, 0.3) is 0 Å². The van der Waals surface area contributed by atoms with Crippen LogP contribution in [0, 0.1) is 5.82 Å². The van der Waals surface area contributed by atoms with Gasteiger partial charge in [0.2, 0.25) is 5.91 Å². The van der Waals surface area contributed by atoms with E-state index in [4.69, 9.17) is 10.5 Å². The van der Waals surface area contributed by atoms with Crippen LogP contribution >= 0.6 is 12.4 Å². The highest BCUT2D eigenvalue weighted by molar-refractivity contribution is 5.85. The van der Waals surface area contributed by atoms with Crippen molar-refractivity contribution in [1.29, 1.82) is 0 Å². The third kappa shape index (κ3) is 6.73. The van der Waals surface area contributed by atoms with E-state index < -0.39 is 5.82 Å². The van der Waals surface area contributed by atoms with Crippen LogP contribution in [0.4, 0.5) is 4.39 Å². The van der Waals surface area contributed by atoms with Gasteiger partial charge in [0, 0.05) is 6.42 Å². The van der Waals surface area contributed by atoms with Gasteiger partial charge in [0.05, 0.1) is 6.54 Å². The Labute approximate surface area is 125 Å². The van der Waals surface area contributed by atoms with E-state index in [1.807, 2.05) is 6.92 Å². The molecule has 1 amide bonds. The van der Waals surface area contributed by atoms with Gasteiger partial charge in [-0.2, -0.15) is 0 Å². The molecule has 0 spiro atoms. The highest BCUT2D eigenvalue weighted by Crippen LogP contribution is 2.17. The molecule has 0 aliphatic rings. The van der Waals surface area contributed by atoms with E-state index in [9.17, 15) is 9.18 Å². The maximum absolute atomic E-state index is 13.4. The maximum atomic E-state index is 13.4. The van der Waals surface area contributed by atoms with Crippen molar-refractivity contribution in [2.45, 2.75) is 32.3 Å². The summed E-state index contributed by atoms with van der Waals surface area (Å²) >= 11 is 0. The monoisotopic (exact) mass is 304 g/mol. The molecule has 0 aromatic heterocycles. The van der Waals surface area contributed by atoms with Gasteiger partial charge in [-0.25, -0.2) is 4.39 Å². The van der Waals surface area contributed by atoms with Crippen LogP contribution in [-0.4, -0.2) is 25.1 Å². The summed E-state index contributed by atoms with van der Waals surface area (Å²) < 4.78 is 19.0. The minimum Gasteiger partial charge on any atom is -0.486 e. The molecular weight excluding hydrogens is 283 g/mol. The van der Waals surface area contributed by atoms with E-state index >= 15 is 0 Å². The van der Waals surface area contributed by atoms with Gasteiger partial charge in [0.15, 0.2) is 11.6 Å². The minimum atomic E-state index is -0.393. The number of amides is 1. The molecular formula is C14H22ClFN2O2. The molecule has 0 radical (unpaired) electrons. The molecule has 6 heteroatoms. The summed E-state index contributed by atoms with van der Waals surface area (Å²) in [6.07, 6.45) is 1.52. The lowest BCUT2D eigenvalue weighted by Crippen LogP contribution is -2.35. The van der Waals surface area contributed by atoms with Crippen molar-refractivity contribution in [1.82, 2.24) is 5.32 Å². The first-order chi connectivity index (χ1) is 9.17. The molecule has 0 aliphatic heterocycles. The molecule has 1 aromatic carbocycles. The fraction of sp³-hybridized carbons (Fsp3) is 0.500. The van der Waals surface area contributed by atoms with Crippen LogP contribution in [-0.2, 0) is 4.79 Å². The van der Waals surface area contributed by atoms with E-state index in [1.54, 1.807) is 18.2 Å². The molecule has 1 aromatic rings. The third-order valence-corrected chi connectivity index (χ3v) is 2.72. The second kappa shape index (κ2) is 10.5. The number of hydrogen-bond donors (Lipinski definition) is 2. The Bertz CT molecular complexity index is 405. The number of rotatable bonds is 8. The third-order valence-electron chi connectivity index (χ3n) is 2.72. The molecule has 1 unspecified atom stereocenters. The molecule has 3 N–H and O–H groups in total. The molecule has 0 saturated heterocycles. The standard InChI is InChI=1S/C14H21FN2O2.ClH/c1-2-11(10-17-14(18)8-5-9-16)19-13-7-4-3-6-12(13)15;/h3-4,6-7,11H,2,5,8-10,16H2,1H3,(H,17,18);1H. The largest absolute Gasteiger partial charge is 0.486 e. The van der Waals surface area contributed by atoms with E-state index in [1.165, 1.54) is 6.07 Å². The summed E-state index contributed by atoms with van der Waals surface area (Å²) in [5, 5.41) is 2.77. The Balaban J connectivity index is 0.00000361. The maximum Gasteiger partial charge on any atom is 0.220 e. The number of carbonyl (C=O) groups excluding carboxylic acids is 1. The van der Waals surface area contributed by atoms with Gasteiger partial charge in [0.1, 0.15) is 6.10 Å². The second-order valence-corrected chi connectivity index (χ2v) is 4.27. The van der Waals surface area contributed by atoms with Gasteiger partial charge < -0.3 is 15.8 Å². The van der Waals surface area contributed by atoms with E-state index in [0.717, 1.165) is 0 Å². The number of para-hydroxylation sites is 1. The van der Waals surface area contributed by atoms with E-state index in [-0.39, 0.29) is 30.2 Å². The summed E-state index contributed by atoms with van der Waals surface area (Å²) in [7, 11) is 0. The topological polar surface area (TPSA) is 64.4 Å². The van der Waals surface area contributed by atoms with Crippen LogP contribution in [0.3, 0.4) is 0 Å². The summed E-state index contributed by atoms with van der Waals surface area (Å²) in [5.41, 5.74) is 5.33. The van der Waals surface area contributed by atoms with Crippen molar-refractivity contribution in [3.63, 3.8) is 0 Å². The van der Waals surface area contributed by atoms with Gasteiger partial charge in [-0.15, -0.1) is 12.4 Å². The van der Waals surface area contributed by atoms with Crippen LogP contribution in [0.5, 0.6) is 5.75 Å². The summed E-state index contributed by atoms with van der Waals surface area (Å²) in [6.45, 7) is 2.79. The first-order valence-corrected chi connectivity index (χ1v) is 6.55. The quantitative estimate of drug-likeness (QED) is 0.774. The number of hydrogen-bond acceptors (Lipinski definition) is 3. The van der Waals surface area contributed by atoms with E-state index in [2.05, 4.69) is 5.32 Å². The predicted molar refractivity (Wildman–Crippen MR) is 79.7 cm³/mol. The summed E-state index contributed by atoms with van der Waals surface area (Å²) in [5.74, 6) is -0.234. The summed E-state index contributed by atoms with van der Waals surface area (Å²) in [6, 6.07) is 6.25. The summed E-state index contributed by atoms with van der Waals surface area (Å²) in [4.78, 5) is 11.4. The van der Waals surface area contributed by atoms with Crippen molar-refractivity contribution in [3.05, 3.63) is 30.1 Å². The lowest BCUT2D eigenvalue weighted by Gasteiger charge is -2.18. The molecule has 114 valence electrons. The van der Waals surface area contributed by atoms with E-state index in [0.29, 0.717) is 32.4 Å². The number of benzene rings is 1. The van der Waals surface area contributed by atoms with Crippen LogP contribution in [0.15, 0.2) is 24.3 Å². The number of carbonyl (C=O) groups is 1. The Morgan fingerprint density at radius 1 is 1.45 bits per heavy atom. The Hall–Kier alpha value is -1.33. The fourth-order valence-electron chi connectivity index (χ4n) is 1.57. The molecule has 0 aliphatic carbocycles. The van der Waals surface area contributed by atoms with Crippen LogP contribution < -0.4 is 15.8 Å². The highest BCUT2D eigenvalue weighted by atomic mass is 35.5. The second-order valence-electron chi connectivity index (χ2n) is 4.27. The average molecular weight is 305 g/mol. The number of halogens is 2. The molecule has 20 heavy (non-hydrogen) atoms. The smallest absolute Gasteiger partial charge is 0.220 e. The van der Waals surface area contributed by atoms with Gasteiger partial charge in [-0.05, 0) is 31.5 Å². The van der Waals surface area contributed by atoms with Gasteiger partial charge in [0.25, 0.3) is 0 Å². The van der Waals surface area contributed by atoms with Gasteiger partial charge >= 0.3 is 0 Å². The highest BCUT2D eigenvalue weighted by Gasteiger charge is 2.12. The zero-order chi connectivity index (χ0) is 14.1. The molecule has 0 fully saturated rings. The average Bonchev–Trinajstić information content (AvgIpc) is 2.43. The number of ether oxygens (including phenoxy) is 1. The first-order valence-electron chi connectivity index (χ1n) is 6.55. The van der Waals surface area contributed by atoms with Gasteiger partial charge in [-0.1, -0.05) is 19.1 Å². The minimum absolute atomic E-state index is 0. The zero-order valence-corrected chi connectivity index (χ0v) is 12.4. The number of nitrogens with two attached hydrogens (primary N) is 1. The van der Waals surface area contributed by atoms with Gasteiger partial charge in [-0.3, -0.25) is 4.79 Å². The lowest BCUT2D eigenvalue weighted by molar-refractivity contribution is -0.121. The zero-order valence-electron chi connectivity index (χ0n) is 11.6. The molecule has 1 atom stereocenters. The SMILES string of the molecule is CCC(CNC(=O)CCCN)Oc1ccccc1F.Cl. The molecule has 0 heterocycles. The first kappa shape index (κ1) is 18.7. The number of nitrogens with one attached hydrogen (secondary N) is 1. The molecule has 4 nitrogen and oxygen atoms in total. The fourth-order valence-corrected chi connectivity index (χ4v) is 1.57. The predicted octanol–water partition coefficient (Wildman–Crippen LogP) is 2.26. The lowest BCUT2D eigenvalue weighted by atomic mass is 10.2. The molecule has 0 saturated carbocycles. The van der Waals surface area contributed by atoms with Crippen molar-refractivity contribution in [3.8, 4) is 5.75 Å². The Kier molecular flexibility index (Phi) is 9.76. The molecule has 1 rings (SSSR count). The van der Waals surface area contributed by atoms with Crippen LogP contribution in [0.2, 0.25) is 0 Å². The van der Waals surface area contributed by atoms with Crippen LogP contribution in [0.1, 0.15) is 26.2 Å². The Morgan fingerprint density at radius 2 is 2.15 bits per heavy atom. The Morgan fingerprint density at radius 3 is 2.75 bits per heavy atom.